The third kappa shape index (κ3) is 2.96. The summed E-state index contributed by atoms with van der Waals surface area (Å²) in [6, 6.07) is 0.0390. The van der Waals surface area contributed by atoms with Crippen LogP contribution in [0.1, 0.15) is 23.0 Å². The zero-order valence-corrected chi connectivity index (χ0v) is 10.9. The van der Waals surface area contributed by atoms with E-state index in [9.17, 15) is 4.79 Å². The second-order valence-corrected chi connectivity index (χ2v) is 3.80. The Labute approximate surface area is 102 Å². The van der Waals surface area contributed by atoms with Crippen molar-refractivity contribution in [1.82, 2.24) is 14.7 Å². The number of rotatable bonds is 3. The number of nitrogens with zero attached hydrogens (tertiary/aromatic N) is 3. The van der Waals surface area contributed by atoms with E-state index in [0.717, 1.165) is 5.69 Å². The second-order valence-electron chi connectivity index (χ2n) is 3.80. The van der Waals surface area contributed by atoms with Gasteiger partial charge in [0.1, 0.15) is 0 Å². The van der Waals surface area contributed by atoms with Crippen LogP contribution in [0.15, 0.2) is 6.20 Å². The van der Waals surface area contributed by atoms with Crippen LogP contribution in [-0.4, -0.2) is 40.2 Å². The molecule has 0 saturated heterocycles. The van der Waals surface area contributed by atoms with Gasteiger partial charge in [-0.25, -0.2) is 0 Å². The fourth-order valence-corrected chi connectivity index (χ4v) is 1.36. The number of carbonyl (C=O) groups excluding carboxylic acids is 1. The van der Waals surface area contributed by atoms with Crippen LogP contribution in [-0.2, 0) is 7.05 Å². The van der Waals surface area contributed by atoms with Crippen molar-refractivity contribution in [1.29, 1.82) is 0 Å². The smallest absolute Gasteiger partial charge is 0.257 e. The van der Waals surface area contributed by atoms with Crippen molar-refractivity contribution in [3.63, 3.8) is 0 Å². The quantitative estimate of drug-likeness (QED) is 0.848. The summed E-state index contributed by atoms with van der Waals surface area (Å²) in [6.07, 6.45) is 1.73. The Balaban J connectivity index is 0.00000225. The van der Waals surface area contributed by atoms with Crippen LogP contribution >= 0.6 is 12.4 Å². The van der Waals surface area contributed by atoms with Crippen molar-refractivity contribution in [3.05, 3.63) is 17.5 Å². The molecule has 16 heavy (non-hydrogen) atoms. The van der Waals surface area contributed by atoms with Gasteiger partial charge < -0.3 is 10.6 Å². The molecule has 1 aromatic rings. The van der Waals surface area contributed by atoms with Crippen LogP contribution in [0, 0.1) is 6.92 Å². The minimum Gasteiger partial charge on any atom is -0.338 e. The van der Waals surface area contributed by atoms with Crippen LogP contribution in [0.5, 0.6) is 0 Å². The summed E-state index contributed by atoms with van der Waals surface area (Å²) in [5.74, 6) is -0.0291. The molecule has 0 radical (unpaired) electrons. The van der Waals surface area contributed by atoms with Gasteiger partial charge in [0, 0.05) is 32.9 Å². The summed E-state index contributed by atoms with van der Waals surface area (Å²) in [5, 5.41) is 4.14. The van der Waals surface area contributed by atoms with Crippen molar-refractivity contribution in [2.75, 3.05) is 13.6 Å². The molecule has 0 bridgehead atoms. The molecule has 1 rings (SSSR count). The zero-order valence-electron chi connectivity index (χ0n) is 10.1. The molecule has 0 fully saturated rings. The molecule has 0 spiro atoms. The molecule has 0 aliphatic carbocycles. The maximum atomic E-state index is 12.0. The molecular weight excluding hydrogens is 228 g/mol. The Morgan fingerprint density at radius 1 is 1.69 bits per heavy atom. The number of likely N-dealkylation sites (N-methyl/N-ethyl adjacent to an activating group) is 1. The van der Waals surface area contributed by atoms with Crippen molar-refractivity contribution < 1.29 is 4.79 Å². The minimum atomic E-state index is -0.0291. The topological polar surface area (TPSA) is 64.2 Å². The number of aryl methyl sites for hydroxylation is 2. The summed E-state index contributed by atoms with van der Waals surface area (Å²) in [6.45, 7) is 4.21. The standard InChI is InChI=1S/C10H18N4O.ClH/c1-7(5-11)14(4)10(15)9-6-13(3)12-8(9)2;/h6-7H,5,11H2,1-4H3;1H. The maximum Gasteiger partial charge on any atom is 0.257 e. The third-order valence-electron chi connectivity index (χ3n) is 2.57. The molecule has 0 aliphatic heterocycles. The van der Waals surface area contributed by atoms with Crippen molar-refractivity contribution in [2.45, 2.75) is 19.9 Å². The fraction of sp³-hybridized carbons (Fsp3) is 0.600. The van der Waals surface area contributed by atoms with Crippen LogP contribution in [0.2, 0.25) is 0 Å². The van der Waals surface area contributed by atoms with Crippen molar-refractivity contribution >= 4 is 18.3 Å². The monoisotopic (exact) mass is 246 g/mol. The molecular formula is C10H19ClN4O. The predicted molar refractivity (Wildman–Crippen MR) is 65.8 cm³/mol. The number of hydrogen-bond donors (Lipinski definition) is 1. The van der Waals surface area contributed by atoms with E-state index in [4.69, 9.17) is 5.73 Å². The summed E-state index contributed by atoms with van der Waals surface area (Å²) < 4.78 is 1.64. The lowest BCUT2D eigenvalue weighted by Crippen LogP contribution is -2.39. The summed E-state index contributed by atoms with van der Waals surface area (Å²) in [7, 11) is 3.56. The molecule has 0 aromatic carbocycles. The summed E-state index contributed by atoms with van der Waals surface area (Å²) in [4.78, 5) is 13.6. The molecule has 5 nitrogen and oxygen atoms in total. The van der Waals surface area contributed by atoms with Gasteiger partial charge in [-0.15, -0.1) is 12.4 Å². The molecule has 6 heteroatoms. The van der Waals surface area contributed by atoms with E-state index in [2.05, 4.69) is 5.10 Å². The normalized spacial score (nSPS) is 11.8. The van der Waals surface area contributed by atoms with Gasteiger partial charge in [0.25, 0.3) is 5.91 Å². The first-order chi connectivity index (χ1) is 6.97. The average Bonchev–Trinajstić information content (AvgIpc) is 2.54. The van der Waals surface area contributed by atoms with Gasteiger partial charge in [0.2, 0.25) is 0 Å². The Morgan fingerprint density at radius 3 is 2.62 bits per heavy atom. The van der Waals surface area contributed by atoms with E-state index in [1.807, 2.05) is 13.8 Å². The Kier molecular flexibility index (Phi) is 5.47. The fourth-order valence-electron chi connectivity index (χ4n) is 1.36. The van der Waals surface area contributed by atoms with Crippen LogP contribution < -0.4 is 5.73 Å². The lowest BCUT2D eigenvalue weighted by Gasteiger charge is -2.23. The van der Waals surface area contributed by atoms with Crippen molar-refractivity contribution in [2.24, 2.45) is 12.8 Å². The van der Waals surface area contributed by atoms with Gasteiger partial charge in [-0.2, -0.15) is 5.10 Å². The van der Waals surface area contributed by atoms with E-state index >= 15 is 0 Å². The molecule has 2 N–H and O–H groups in total. The highest BCUT2D eigenvalue weighted by Gasteiger charge is 2.19. The Morgan fingerprint density at radius 2 is 2.25 bits per heavy atom. The van der Waals surface area contributed by atoms with E-state index in [0.29, 0.717) is 12.1 Å². The highest BCUT2D eigenvalue weighted by Crippen LogP contribution is 2.09. The molecule has 1 atom stereocenters. The molecule has 0 saturated carbocycles. The minimum absolute atomic E-state index is 0. The van der Waals surface area contributed by atoms with Crippen molar-refractivity contribution in [3.8, 4) is 0 Å². The average molecular weight is 247 g/mol. The van der Waals surface area contributed by atoms with Gasteiger partial charge in [0.05, 0.1) is 11.3 Å². The third-order valence-corrected chi connectivity index (χ3v) is 2.57. The number of hydrogen-bond acceptors (Lipinski definition) is 3. The highest BCUT2D eigenvalue weighted by molar-refractivity contribution is 5.95. The molecule has 1 aromatic heterocycles. The van der Waals surface area contributed by atoms with Crippen LogP contribution in [0.4, 0.5) is 0 Å². The molecule has 0 aliphatic rings. The first-order valence-corrected chi connectivity index (χ1v) is 4.94. The SMILES string of the molecule is Cc1nn(C)cc1C(=O)N(C)C(C)CN.Cl. The first kappa shape index (κ1) is 14.9. The number of carbonyl (C=O) groups is 1. The lowest BCUT2D eigenvalue weighted by atomic mass is 10.2. The molecule has 92 valence electrons. The Hall–Kier alpha value is -1.07. The van der Waals surface area contributed by atoms with Gasteiger partial charge in [-0.3, -0.25) is 9.48 Å². The Bertz CT molecular complexity index is 364. The molecule has 1 heterocycles. The first-order valence-electron chi connectivity index (χ1n) is 4.94. The largest absolute Gasteiger partial charge is 0.338 e. The van der Waals surface area contributed by atoms with Gasteiger partial charge in [0.15, 0.2) is 0 Å². The lowest BCUT2D eigenvalue weighted by molar-refractivity contribution is 0.0747. The second kappa shape index (κ2) is 5.86. The highest BCUT2D eigenvalue weighted by atomic mass is 35.5. The number of nitrogens with two attached hydrogens (primary N) is 1. The number of aromatic nitrogens is 2. The predicted octanol–water partition coefficient (Wildman–Crippen LogP) is 0.570. The van der Waals surface area contributed by atoms with E-state index in [-0.39, 0.29) is 24.4 Å². The van der Waals surface area contributed by atoms with E-state index < -0.39 is 0 Å². The molecule has 1 unspecified atom stereocenters. The molecule has 1 amide bonds. The van der Waals surface area contributed by atoms with E-state index in [1.165, 1.54) is 0 Å². The van der Waals surface area contributed by atoms with Crippen LogP contribution in [0.3, 0.4) is 0 Å². The van der Waals surface area contributed by atoms with Crippen LogP contribution in [0.25, 0.3) is 0 Å². The summed E-state index contributed by atoms with van der Waals surface area (Å²) in [5.41, 5.74) is 6.91. The number of halogens is 1. The zero-order chi connectivity index (χ0) is 11.6. The number of amides is 1. The van der Waals surface area contributed by atoms with Gasteiger partial charge in [-0.05, 0) is 13.8 Å². The van der Waals surface area contributed by atoms with Gasteiger partial charge in [-0.1, -0.05) is 0 Å². The van der Waals surface area contributed by atoms with E-state index in [1.54, 1.807) is 29.9 Å². The van der Waals surface area contributed by atoms with Gasteiger partial charge >= 0.3 is 0 Å². The maximum absolute atomic E-state index is 12.0. The summed E-state index contributed by atoms with van der Waals surface area (Å²) >= 11 is 0.